The minimum Gasteiger partial charge on any atom is -0.462 e. The fourth-order valence-corrected chi connectivity index (χ4v) is 11.1. The minimum absolute atomic E-state index is 0.0659. The van der Waals surface area contributed by atoms with Crippen molar-refractivity contribution in [2.45, 2.75) is 419 Å². The second-order valence-corrected chi connectivity index (χ2v) is 24.5. The summed E-state index contributed by atoms with van der Waals surface area (Å²) in [6, 6.07) is 0. The lowest BCUT2D eigenvalue weighted by Crippen LogP contribution is -2.30. The molecule has 0 spiro atoms. The van der Waals surface area contributed by atoms with Crippen molar-refractivity contribution in [1.29, 1.82) is 0 Å². The van der Waals surface area contributed by atoms with Gasteiger partial charge in [0.05, 0.1) is 0 Å². The second-order valence-electron chi connectivity index (χ2n) is 24.5. The molecule has 0 saturated carbocycles. The van der Waals surface area contributed by atoms with Gasteiger partial charge in [-0.1, -0.05) is 367 Å². The molecule has 0 aliphatic heterocycles. The first-order valence-corrected chi connectivity index (χ1v) is 35.7. The molecule has 0 aromatic rings. The van der Waals surface area contributed by atoms with Crippen molar-refractivity contribution in [3.05, 3.63) is 12.2 Å². The Labute approximate surface area is 488 Å². The fourth-order valence-electron chi connectivity index (χ4n) is 11.1. The zero-order valence-corrected chi connectivity index (χ0v) is 53.2. The number of rotatable bonds is 67. The molecule has 0 aliphatic carbocycles. The van der Waals surface area contributed by atoms with Gasteiger partial charge < -0.3 is 14.2 Å². The molecular weight excluding hydrogens is 961 g/mol. The standard InChI is InChI=1S/C72H138O6/c1-4-7-10-13-16-19-22-24-26-28-30-32-34-35-36-37-38-40-41-43-45-47-50-53-56-59-62-65-71(74)77-68-69(67-76-70(73)64-61-58-55-52-49-21-18-15-12-9-6-3)78-72(75)66-63-60-57-54-51-48-46-44-42-39-33-31-29-27-25-23-20-17-14-11-8-5-2/h15,18,69H,4-14,16-17,19-68H2,1-3H3/b18-15-. The molecule has 462 valence electrons. The Hall–Kier alpha value is -1.85. The number of carbonyl (C=O) groups is 3. The van der Waals surface area contributed by atoms with Crippen molar-refractivity contribution in [1.82, 2.24) is 0 Å². The van der Waals surface area contributed by atoms with Crippen LogP contribution in [0.5, 0.6) is 0 Å². The number of unbranched alkanes of at least 4 members (excludes halogenated alkanes) is 54. The van der Waals surface area contributed by atoms with E-state index in [1.807, 2.05) is 0 Å². The number of hydrogen-bond donors (Lipinski definition) is 0. The summed E-state index contributed by atoms with van der Waals surface area (Å²) in [5, 5.41) is 0. The number of ether oxygens (including phenoxy) is 3. The average Bonchev–Trinajstić information content (AvgIpc) is 3.44. The topological polar surface area (TPSA) is 78.9 Å². The average molecular weight is 1100 g/mol. The lowest BCUT2D eigenvalue weighted by molar-refractivity contribution is -0.167. The van der Waals surface area contributed by atoms with E-state index >= 15 is 0 Å². The van der Waals surface area contributed by atoms with Crippen LogP contribution in [0.15, 0.2) is 12.2 Å². The van der Waals surface area contributed by atoms with Crippen LogP contribution in [0.25, 0.3) is 0 Å². The van der Waals surface area contributed by atoms with E-state index in [9.17, 15) is 14.4 Å². The van der Waals surface area contributed by atoms with Crippen LogP contribution in [0, 0.1) is 0 Å². The molecule has 0 aliphatic rings. The molecule has 0 heterocycles. The molecule has 0 bridgehead atoms. The molecule has 0 saturated heterocycles. The summed E-state index contributed by atoms with van der Waals surface area (Å²) >= 11 is 0. The SMILES string of the molecule is CCCC/C=C\CCCCCCCC(=O)OCC(COC(=O)CCCCCCCCCCCCCCCCCCCCCCCCCCCCC)OC(=O)CCCCCCCCCCCCCCCCCCCCCCCC. The molecule has 6 heteroatoms. The van der Waals surface area contributed by atoms with Crippen molar-refractivity contribution < 1.29 is 28.6 Å². The van der Waals surface area contributed by atoms with Crippen LogP contribution in [0.4, 0.5) is 0 Å². The van der Waals surface area contributed by atoms with E-state index in [0.717, 1.165) is 64.2 Å². The van der Waals surface area contributed by atoms with Crippen LogP contribution >= 0.6 is 0 Å². The minimum atomic E-state index is -0.769. The van der Waals surface area contributed by atoms with Gasteiger partial charge in [-0.25, -0.2) is 0 Å². The van der Waals surface area contributed by atoms with E-state index in [1.165, 1.54) is 308 Å². The third-order valence-electron chi connectivity index (χ3n) is 16.5. The summed E-state index contributed by atoms with van der Waals surface area (Å²) in [5.74, 6) is -0.842. The molecule has 0 rings (SSSR count). The summed E-state index contributed by atoms with van der Waals surface area (Å²) in [6.45, 7) is 6.69. The van der Waals surface area contributed by atoms with E-state index in [1.54, 1.807) is 0 Å². The first-order chi connectivity index (χ1) is 38.5. The maximum absolute atomic E-state index is 12.9. The fraction of sp³-hybridized carbons (Fsp3) is 0.931. The van der Waals surface area contributed by atoms with E-state index in [0.29, 0.717) is 19.3 Å². The van der Waals surface area contributed by atoms with Gasteiger partial charge in [-0.05, 0) is 38.5 Å². The van der Waals surface area contributed by atoms with Crippen molar-refractivity contribution >= 4 is 17.9 Å². The van der Waals surface area contributed by atoms with Crippen LogP contribution in [-0.4, -0.2) is 37.2 Å². The van der Waals surface area contributed by atoms with Gasteiger partial charge in [0.25, 0.3) is 0 Å². The van der Waals surface area contributed by atoms with E-state index in [2.05, 4.69) is 32.9 Å². The monoisotopic (exact) mass is 1100 g/mol. The highest BCUT2D eigenvalue weighted by Crippen LogP contribution is 2.19. The summed E-state index contributed by atoms with van der Waals surface area (Å²) in [4.78, 5) is 38.3. The Kier molecular flexibility index (Phi) is 66.0. The zero-order valence-electron chi connectivity index (χ0n) is 53.2. The number of esters is 3. The number of allylic oxidation sites excluding steroid dienone is 2. The molecule has 1 unspecified atom stereocenters. The van der Waals surface area contributed by atoms with Crippen molar-refractivity contribution in [2.75, 3.05) is 13.2 Å². The van der Waals surface area contributed by atoms with E-state index < -0.39 is 6.10 Å². The molecule has 0 amide bonds. The lowest BCUT2D eigenvalue weighted by atomic mass is 10.0. The van der Waals surface area contributed by atoms with E-state index in [4.69, 9.17) is 14.2 Å². The summed E-state index contributed by atoms with van der Waals surface area (Å²) < 4.78 is 17.0. The smallest absolute Gasteiger partial charge is 0.306 e. The molecule has 0 radical (unpaired) electrons. The Bertz CT molecular complexity index is 1210. The zero-order chi connectivity index (χ0) is 56.4. The van der Waals surface area contributed by atoms with Crippen LogP contribution in [0.1, 0.15) is 412 Å². The highest BCUT2D eigenvalue weighted by Gasteiger charge is 2.19. The first-order valence-electron chi connectivity index (χ1n) is 35.7. The van der Waals surface area contributed by atoms with Crippen LogP contribution in [-0.2, 0) is 28.6 Å². The summed E-state index contributed by atoms with van der Waals surface area (Å²) in [7, 11) is 0. The van der Waals surface area contributed by atoms with Gasteiger partial charge in [0.1, 0.15) is 13.2 Å². The molecule has 6 nitrogen and oxygen atoms in total. The van der Waals surface area contributed by atoms with Gasteiger partial charge >= 0.3 is 17.9 Å². The predicted octanol–water partition coefficient (Wildman–Crippen LogP) is 24.4. The molecule has 0 aromatic carbocycles. The molecule has 78 heavy (non-hydrogen) atoms. The van der Waals surface area contributed by atoms with Gasteiger partial charge in [-0.2, -0.15) is 0 Å². The van der Waals surface area contributed by atoms with Crippen molar-refractivity contribution in [3.63, 3.8) is 0 Å². The van der Waals surface area contributed by atoms with E-state index in [-0.39, 0.29) is 31.1 Å². The van der Waals surface area contributed by atoms with Crippen LogP contribution < -0.4 is 0 Å². The molecular formula is C72H138O6. The van der Waals surface area contributed by atoms with Gasteiger partial charge in [0, 0.05) is 19.3 Å². The maximum Gasteiger partial charge on any atom is 0.306 e. The molecule has 0 aromatic heterocycles. The third-order valence-corrected chi connectivity index (χ3v) is 16.5. The molecule has 0 fully saturated rings. The van der Waals surface area contributed by atoms with Crippen molar-refractivity contribution in [3.8, 4) is 0 Å². The van der Waals surface area contributed by atoms with Gasteiger partial charge in [0.15, 0.2) is 6.10 Å². The largest absolute Gasteiger partial charge is 0.462 e. The normalized spacial score (nSPS) is 12.0. The Morgan fingerprint density at radius 3 is 0.679 bits per heavy atom. The quantitative estimate of drug-likeness (QED) is 0.0261. The second kappa shape index (κ2) is 67.7. The lowest BCUT2D eigenvalue weighted by Gasteiger charge is -2.18. The highest BCUT2D eigenvalue weighted by atomic mass is 16.6. The van der Waals surface area contributed by atoms with Crippen LogP contribution in [0.2, 0.25) is 0 Å². The molecule has 1 atom stereocenters. The number of carbonyl (C=O) groups excluding carboxylic acids is 3. The third kappa shape index (κ3) is 65.0. The summed E-state index contributed by atoms with van der Waals surface area (Å²) in [5.41, 5.74) is 0. The predicted molar refractivity (Wildman–Crippen MR) is 340 cm³/mol. The summed E-state index contributed by atoms with van der Waals surface area (Å²) in [6.07, 6.45) is 81.2. The number of hydrogen-bond acceptors (Lipinski definition) is 6. The van der Waals surface area contributed by atoms with Gasteiger partial charge in [-0.15, -0.1) is 0 Å². The molecule has 0 N–H and O–H groups in total. The first kappa shape index (κ1) is 76.1. The maximum atomic E-state index is 12.9. The Morgan fingerprint density at radius 2 is 0.436 bits per heavy atom. The van der Waals surface area contributed by atoms with Gasteiger partial charge in [0.2, 0.25) is 0 Å². The highest BCUT2D eigenvalue weighted by molar-refractivity contribution is 5.71. The van der Waals surface area contributed by atoms with Crippen molar-refractivity contribution in [2.24, 2.45) is 0 Å². The Morgan fingerprint density at radius 1 is 0.244 bits per heavy atom. The van der Waals surface area contributed by atoms with Crippen LogP contribution in [0.3, 0.4) is 0 Å². The van der Waals surface area contributed by atoms with Gasteiger partial charge in [-0.3, -0.25) is 14.4 Å². The Balaban J connectivity index is 4.13.